The molecule has 0 amide bonds. The van der Waals surface area contributed by atoms with Crippen LogP contribution in [0.15, 0.2) is 30.3 Å². The molecule has 2 unspecified atom stereocenters. The number of likely N-dealkylation sites (N-methyl/N-ethyl adjacent to an activating group) is 1. The molecule has 0 aromatic heterocycles. The van der Waals surface area contributed by atoms with Gasteiger partial charge in [-0.2, -0.15) is 0 Å². The SMILES string of the molecule is CCNC(c1ccccc1)C(CC)OCC1CCCC1. The fourth-order valence-electron chi connectivity index (χ4n) is 3.23. The molecule has 1 aliphatic rings. The van der Waals surface area contributed by atoms with E-state index < -0.39 is 0 Å². The maximum absolute atomic E-state index is 6.28. The highest BCUT2D eigenvalue weighted by molar-refractivity contribution is 5.20. The number of hydrogen-bond donors (Lipinski definition) is 1. The van der Waals surface area contributed by atoms with Gasteiger partial charge in [-0.15, -0.1) is 0 Å². The summed E-state index contributed by atoms with van der Waals surface area (Å²) in [6, 6.07) is 11.0. The molecule has 112 valence electrons. The summed E-state index contributed by atoms with van der Waals surface area (Å²) in [6.45, 7) is 6.31. The Morgan fingerprint density at radius 3 is 2.45 bits per heavy atom. The molecule has 2 atom stereocenters. The topological polar surface area (TPSA) is 21.3 Å². The summed E-state index contributed by atoms with van der Waals surface area (Å²) in [6.07, 6.45) is 6.82. The summed E-state index contributed by atoms with van der Waals surface area (Å²) in [7, 11) is 0. The molecule has 1 fully saturated rings. The minimum absolute atomic E-state index is 0.276. The highest BCUT2D eigenvalue weighted by atomic mass is 16.5. The molecule has 1 aromatic rings. The first-order valence-electron chi connectivity index (χ1n) is 8.25. The van der Waals surface area contributed by atoms with Crippen molar-refractivity contribution >= 4 is 0 Å². The van der Waals surface area contributed by atoms with Crippen LogP contribution in [0.1, 0.15) is 57.6 Å². The van der Waals surface area contributed by atoms with Crippen molar-refractivity contribution in [3.63, 3.8) is 0 Å². The van der Waals surface area contributed by atoms with Crippen LogP contribution in [0, 0.1) is 5.92 Å². The van der Waals surface area contributed by atoms with Crippen LogP contribution in [0.25, 0.3) is 0 Å². The summed E-state index contributed by atoms with van der Waals surface area (Å²) >= 11 is 0. The van der Waals surface area contributed by atoms with Gasteiger partial charge < -0.3 is 10.1 Å². The van der Waals surface area contributed by atoms with Crippen molar-refractivity contribution in [1.82, 2.24) is 5.32 Å². The third kappa shape index (κ3) is 4.32. The lowest BCUT2D eigenvalue weighted by molar-refractivity contribution is 0.00450. The highest BCUT2D eigenvalue weighted by Crippen LogP contribution is 2.27. The molecular weight excluding hydrogens is 246 g/mol. The van der Waals surface area contributed by atoms with Crippen molar-refractivity contribution in [3.05, 3.63) is 35.9 Å². The van der Waals surface area contributed by atoms with Crippen LogP contribution in [-0.2, 0) is 4.74 Å². The Kier molecular flexibility index (Phi) is 6.55. The molecule has 0 spiro atoms. The average Bonchev–Trinajstić information content (AvgIpc) is 3.01. The average molecular weight is 275 g/mol. The second kappa shape index (κ2) is 8.43. The molecule has 0 radical (unpaired) electrons. The number of hydrogen-bond acceptors (Lipinski definition) is 2. The van der Waals surface area contributed by atoms with Gasteiger partial charge in [0.1, 0.15) is 0 Å². The second-order valence-electron chi connectivity index (χ2n) is 5.88. The minimum Gasteiger partial charge on any atom is -0.376 e. The first-order valence-corrected chi connectivity index (χ1v) is 8.25. The van der Waals surface area contributed by atoms with Gasteiger partial charge in [0.25, 0.3) is 0 Å². The Bertz CT molecular complexity index is 359. The number of nitrogens with one attached hydrogen (secondary N) is 1. The molecule has 1 saturated carbocycles. The summed E-state index contributed by atoms with van der Waals surface area (Å²) in [5.41, 5.74) is 1.34. The lowest BCUT2D eigenvalue weighted by Gasteiger charge is -2.28. The maximum atomic E-state index is 6.28. The molecule has 2 heteroatoms. The predicted molar refractivity (Wildman–Crippen MR) is 84.8 cm³/mol. The molecule has 1 N–H and O–H groups in total. The van der Waals surface area contributed by atoms with E-state index in [4.69, 9.17) is 4.74 Å². The fourth-order valence-corrected chi connectivity index (χ4v) is 3.23. The van der Waals surface area contributed by atoms with E-state index in [1.54, 1.807) is 0 Å². The van der Waals surface area contributed by atoms with E-state index in [-0.39, 0.29) is 6.10 Å². The zero-order valence-corrected chi connectivity index (χ0v) is 13.0. The Morgan fingerprint density at radius 1 is 1.15 bits per heavy atom. The van der Waals surface area contributed by atoms with Gasteiger partial charge in [0, 0.05) is 6.61 Å². The molecule has 0 bridgehead atoms. The first-order chi connectivity index (χ1) is 9.85. The van der Waals surface area contributed by atoms with Crippen molar-refractivity contribution in [3.8, 4) is 0 Å². The number of benzene rings is 1. The molecule has 2 rings (SSSR count). The van der Waals surface area contributed by atoms with E-state index in [9.17, 15) is 0 Å². The van der Waals surface area contributed by atoms with Crippen molar-refractivity contribution in [2.45, 2.75) is 58.1 Å². The van der Waals surface area contributed by atoms with Gasteiger partial charge in [-0.1, -0.05) is 57.0 Å². The Labute approximate surface area is 123 Å². The lowest BCUT2D eigenvalue weighted by Crippen LogP contribution is -2.34. The van der Waals surface area contributed by atoms with Crippen LogP contribution in [0.5, 0.6) is 0 Å². The molecule has 2 nitrogen and oxygen atoms in total. The van der Waals surface area contributed by atoms with Crippen LogP contribution in [0.2, 0.25) is 0 Å². The van der Waals surface area contributed by atoms with E-state index in [2.05, 4.69) is 49.5 Å². The van der Waals surface area contributed by atoms with Gasteiger partial charge >= 0.3 is 0 Å². The van der Waals surface area contributed by atoms with Crippen LogP contribution in [0.3, 0.4) is 0 Å². The maximum Gasteiger partial charge on any atom is 0.0767 e. The fraction of sp³-hybridized carbons (Fsp3) is 0.667. The van der Waals surface area contributed by atoms with Crippen molar-refractivity contribution in [1.29, 1.82) is 0 Å². The third-order valence-corrected chi connectivity index (χ3v) is 4.38. The zero-order valence-electron chi connectivity index (χ0n) is 13.0. The molecule has 1 aromatic carbocycles. The summed E-state index contributed by atoms with van der Waals surface area (Å²) in [5.74, 6) is 0.794. The van der Waals surface area contributed by atoms with E-state index in [0.717, 1.165) is 25.5 Å². The van der Waals surface area contributed by atoms with Crippen molar-refractivity contribution in [2.24, 2.45) is 5.92 Å². The normalized spacial score (nSPS) is 19.1. The van der Waals surface area contributed by atoms with Crippen LogP contribution in [-0.4, -0.2) is 19.3 Å². The lowest BCUT2D eigenvalue weighted by atomic mass is 9.99. The third-order valence-electron chi connectivity index (χ3n) is 4.38. The van der Waals surface area contributed by atoms with Gasteiger partial charge in [-0.05, 0) is 37.3 Å². The predicted octanol–water partition coefficient (Wildman–Crippen LogP) is 4.32. The zero-order chi connectivity index (χ0) is 14.2. The molecular formula is C18H29NO. The van der Waals surface area contributed by atoms with E-state index in [0.29, 0.717) is 6.04 Å². The van der Waals surface area contributed by atoms with E-state index in [1.165, 1.54) is 31.2 Å². The number of rotatable bonds is 8. The van der Waals surface area contributed by atoms with Crippen molar-refractivity contribution in [2.75, 3.05) is 13.2 Å². The van der Waals surface area contributed by atoms with Gasteiger partial charge in [-0.25, -0.2) is 0 Å². The number of ether oxygens (including phenoxy) is 1. The van der Waals surface area contributed by atoms with E-state index >= 15 is 0 Å². The standard InChI is InChI=1S/C18H29NO/c1-3-17(20-14-15-10-8-9-11-15)18(19-4-2)16-12-6-5-7-13-16/h5-7,12-13,15,17-19H,3-4,8-11,14H2,1-2H3. The van der Waals surface area contributed by atoms with Crippen LogP contribution >= 0.6 is 0 Å². The molecule has 1 aliphatic carbocycles. The highest BCUT2D eigenvalue weighted by Gasteiger charge is 2.23. The van der Waals surface area contributed by atoms with Crippen LogP contribution in [0.4, 0.5) is 0 Å². The largest absolute Gasteiger partial charge is 0.376 e. The smallest absolute Gasteiger partial charge is 0.0767 e. The summed E-state index contributed by atoms with van der Waals surface area (Å²) < 4.78 is 6.28. The molecule has 0 aliphatic heterocycles. The molecule has 20 heavy (non-hydrogen) atoms. The van der Waals surface area contributed by atoms with Gasteiger partial charge in [0.05, 0.1) is 12.1 Å². The van der Waals surface area contributed by atoms with Gasteiger partial charge in [-0.3, -0.25) is 0 Å². The quantitative estimate of drug-likeness (QED) is 0.763. The molecule has 0 heterocycles. The van der Waals surface area contributed by atoms with Gasteiger partial charge in [0.2, 0.25) is 0 Å². The summed E-state index contributed by atoms with van der Waals surface area (Å²) in [4.78, 5) is 0. The monoisotopic (exact) mass is 275 g/mol. The van der Waals surface area contributed by atoms with Gasteiger partial charge in [0.15, 0.2) is 0 Å². The van der Waals surface area contributed by atoms with Crippen molar-refractivity contribution < 1.29 is 4.74 Å². The Balaban J connectivity index is 1.97. The minimum atomic E-state index is 0.276. The second-order valence-corrected chi connectivity index (χ2v) is 5.88. The Morgan fingerprint density at radius 2 is 1.85 bits per heavy atom. The van der Waals surface area contributed by atoms with Crippen LogP contribution < -0.4 is 5.32 Å². The van der Waals surface area contributed by atoms with E-state index in [1.807, 2.05) is 0 Å². The summed E-state index contributed by atoms with van der Waals surface area (Å²) in [5, 5.41) is 3.60. The molecule has 0 saturated heterocycles. The Hall–Kier alpha value is -0.860. The first kappa shape index (κ1) is 15.5.